The second-order valence-electron chi connectivity index (χ2n) is 8.58. The molecule has 6 nitrogen and oxygen atoms in total. The monoisotopic (exact) mass is 469 g/mol. The number of amides is 3. The molecular weight excluding hydrogens is 446 g/mol. The van der Waals surface area contributed by atoms with Gasteiger partial charge in [-0.2, -0.15) is 11.8 Å². The Morgan fingerprint density at radius 2 is 1.78 bits per heavy atom. The smallest absolute Gasteiger partial charge is 0.253 e. The summed E-state index contributed by atoms with van der Waals surface area (Å²) in [5.74, 6) is -1.15. The highest BCUT2D eigenvalue weighted by Crippen LogP contribution is 2.55. The average molecular weight is 470 g/mol. The van der Waals surface area contributed by atoms with E-state index in [1.165, 1.54) is 11.9 Å². The molecule has 2 fully saturated rings. The Hall–Kier alpha value is -2.35. The van der Waals surface area contributed by atoms with Crippen molar-refractivity contribution in [1.29, 1.82) is 0 Å². The maximum absolute atomic E-state index is 14.2. The average Bonchev–Trinajstić information content (AvgIpc) is 3.34. The van der Waals surface area contributed by atoms with Crippen LogP contribution in [0.25, 0.3) is 0 Å². The predicted octanol–water partition coefficient (Wildman–Crippen LogP) is 3.04. The number of hydrogen-bond donors (Lipinski definition) is 1. The van der Waals surface area contributed by atoms with Gasteiger partial charge in [-0.05, 0) is 36.1 Å². The molecular formula is C24H24ClN3O3S. The second kappa shape index (κ2) is 7.90. The summed E-state index contributed by atoms with van der Waals surface area (Å²) < 4.78 is 0. The van der Waals surface area contributed by atoms with Crippen molar-refractivity contribution >= 4 is 46.8 Å². The Kier molecular flexibility index (Phi) is 5.31. The first kappa shape index (κ1) is 21.5. The van der Waals surface area contributed by atoms with E-state index >= 15 is 0 Å². The molecule has 8 heteroatoms. The van der Waals surface area contributed by atoms with Crippen molar-refractivity contribution in [3.05, 3.63) is 64.7 Å². The zero-order valence-corrected chi connectivity index (χ0v) is 19.4. The molecule has 32 heavy (non-hydrogen) atoms. The molecule has 2 aromatic carbocycles. The number of halogens is 1. The van der Waals surface area contributed by atoms with Gasteiger partial charge in [0.2, 0.25) is 11.8 Å². The van der Waals surface area contributed by atoms with Gasteiger partial charge in [0.15, 0.2) is 0 Å². The Morgan fingerprint density at radius 3 is 2.53 bits per heavy atom. The predicted molar refractivity (Wildman–Crippen MR) is 125 cm³/mol. The van der Waals surface area contributed by atoms with E-state index in [1.54, 1.807) is 22.7 Å². The molecule has 3 aliphatic heterocycles. The number of hydrogen-bond acceptors (Lipinski definition) is 5. The van der Waals surface area contributed by atoms with E-state index in [2.05, 4.69) is 5.32 Å². The van der Waals surface area contributed by atoms with E-state index < -0.39 is 17.4 Å². The lowest BCUT2D eigenvalue weighted by Crippen LogP contribution is -2.54. The maximum atomic E-state index is 14.2. The largest absolute Gasteiger partial charge is 0.306 e. The number of nitrogens with one attached hydrogen (secondary N) is 1. The van der Waals surface area contributed by atoms with Crippen LogP contribution in [0.3, 0.4) is 0 Å². The minimum absolute atomic E-state index is 0.197. The number of para-hydroxylation sites is 1. The normalized spacial score (nSPS) is 28.7. The van der Waals surface area contributed by atoms with Crippen LogP contribution in [0, 0.1) is 11.8 Å². The number of thioether (sulfide) groups is 1. The SMILES string of the molecule is CSCC[C@H]1N[C@@]2(C(=O)N(Cc3ccccc3Cl)c3ccccc32)[C@@H]2C(=O)N(C)C(=O)[C@H]21. The van der Waals surface area contributed by atoms with Gasteiger partial charge in [-0.25, -0.2) is 0 Å². The van der Waals surface area contributed by atoms with Gasteiger partial charge < -0.3 is 4.90 Å². The summed E-state index contributed by atoms with van der Waals surface area (Å²) in [5, 5.41) is 4.10. The fraction of sp³-hybridized carbons (Fsp3) is 0.375. The number of fused-ring (bicyclic) bond motifs is 4. The molecule has 0 aliphatic carbocycles. The molecule has 1 N–H and O–H groups in total. The van der Waals surface area contributed by atoms with Gasteiger partial charge in [0.1, 0.15) is 5.54 Å². The molecule has 2 aromatic rings. The Morgan fingerprint density at radius 1 is 1.06 bits per heavy atom. The van der Waals surface area contributed by atoms with E-state index in [4.69, 9.17) is 11.6 Å². The van der Waals surface area contributed by atoms with E-state index in [-0.39, 0.29) is 23.8 Å². The summed E-state index contributed by atoms with van der Waals surface area (Å²) in [4.78, 5) is 43.4. The summed E-state index contributed by atoms with van der Waals surface area (Å²) in [5.41, 5.74) is 1.09. The van der Waals surface area contributed by atoms with Crippen molar-refractivity contribution in [3.8, 4) is 0 Å². The zero-order chi connectivity index (χ0) is 22.6. The highest BCUT2D eigenvalue weighted by atomic mass is 35.5. The number of anilines is 1. The van der Waals surface area contributed by atoms with E-state index in [9.17, 15) is 14.4 Å². The number of carbonyl (C=O) groups is 3. The topological polar surface area (TPSA) is 69.7 Å². The Bertz CT molecular complexity index is 1130. The minimum Gasteiger partial charge on any atom is -0.306 e. The highest BCUT2D eigenvalue weighted by Gasteiger charge is 2.70. The van der Waals surface area contributed by atoms with Gasteiger partial charge in [-0.15, -0.1) is 0 Å². The number of nitrogens with zero attached hydrogens (tertiary/aromatic N) is 2. The molecule has 4 atom stereocenters. The fourth-order valence-electron chi connectivity index (χ4n) is 5.54. The molecule has 3 aliphatic rings. The third kappa shape index (κ3) is 2.87. The van der Waals surface area contributed by atoms with Gasteiger partial charge >= 0.3 is 0 Å². The first-order valence-corrected chi connectivity index (χ1v) is 12.4. The maximum Gasteiger partial charge on any atom is 0.253 e. The molecule has 0 aromatic heterocycles. The summed E-state index contributed by atoms with van der Waals surface area (Å²) in [6.07, 6.45) is 2.72. The molecule has 5 rings (SSSR count). The van der Waals surface area contributed by atoms with Crippen LogP contribution < -0.4 is 10.2 Å². The third-order valence-electron chi connectivity index (χ3n) is 7.01. The number of carbonyl (C=O) groups excluding carboxylic acids is 3. The number of benzene rings is 2. The van der Waals surface area contributed by atoms with Crippen molar-refractivity contribution in [1.82, 2.24) is 10.2 Å². The van der Waals surface area contributed by atoms with Gasteiger partial charge in [0.05, 0.1) is 18.4 Å². The quantitative estimate of drug-likeness (QED) is 0.681. The first-order valence-electron chi connectivity index (χ1n) is 10.6. The number of likely N-dealkylation sites (tertiary alicyclic amines) is 1. The molecule has 0 saturated carbocycles. The van der Waals surface area contributed by atoms with Crippen LogP contribution in [0.15, 0.2) is 48.5 Å². The number of imide groups is 1. The molecule has 3 amide bonds. The van der Waals surface area contributed by atoms with Crippen LogP contribution >= 0.6 is 23.4 Å². The van der Waals surface area contributed by atoms with E-state index in [0.717, 1.165) is 22.6 Å². The van der Waals surface area contributed by atoms with Crippen LogP contribution in [-0.4, -0.2) is 47.7 Å². The minimum atomic E-state index is -1.25. The van der Waals surface area contributed by atoms with Gasteiger partial charge in [-0.3, -0.25) is 24.6 Å². The number of rotatable bonds is 5. The standard InChI is InChI=1S/C24H24ClN3O3S/c1-27-21(29)19-17(11-12-32-2)26-24(20(19)22(27)30)15-8-4-6-10-18(15)28(23(24)31)13-14-7-3-5-9-16(14)25/h3-10,17,19-20,26H,11-13H2,1-2H3/t17-,19+,20+,24-/m1/s1. The highest BCUT2D eigenvalue weighted by molar-refractivity contribution is 7.98. The fourth-order valence-corrected chi connectivity index (χ4v) is 6.22. The Balaban J connectivity index is 1.63. The Labute approximate surface area is 196 Å². The van der Waals surface area contributed by atoms with Crippen molar-refractivity contribution in [3.63, 3.8) is 0 Å². The van der Waals surface area contributed by atoms with Crippen molar-refractivity contribution < 1.29 is 14.4 Å². The molecule has 0 unspecified atom stereocenters. The van der Waals surface area contributed by atoms with Crippen LogP contribution in [0.1, 0.15) is 17.5 Å². The molecule has 166 valence electrons. The lowest BCUT2D eigenvalue weighted by atomic mass is 9.76. The van der Waals surface area contributed by atoms with Crippen LogP contribution in [-0.2, 0) is 26.5 Å². The van der Waals surface area contributed by atoms with Crippen molar-refractivity contribution in [2.24, 2.45) is 11.8 Å². The lowest BCUT2D eigenvalue weighted by Gasteiger charge is -2.30. The van der Waals surface area contributed by atoms with Crippen LogP contribution in [0.4, 0.5) is 5.69 Å². The molecule has 2 saturated heterocycles. The lowest BCUT2D eigenvalue weighted by molar-refractivity contribution is -0.141. The second-order valence-corrected chi connectivity index (χ2v) is 9.97. The summed E-state index contributed by atoms with van der Waals surface area (Å²) >= 11 is 8.09. The zero-order valence-electron chi connectivity index (χ0n) is 17.9. The van der Waals surface area contributed by atoms with Gasteiger partial charge in [0, 0.05) is 29.4 Å². The first-order chi connectivity index (χ1) is 15.4. The van der Waals surface area contributed by atoms with Gasteiger partial charge in [0.25, 0.3) is 5.91 Å². The van der Waals surface area contributed by atoms with Crippen molar-refractivity contribution in [2.75, 3.05) is 24.0 Å². The van der Waals surface area contributed by atoms with Gasteiger partial charge in [-0.1, -0.05) is 48.0 Å². The molecule has 3 heterocycles. The molecule has 0 bridgehead atoms. The summed E-state index contributed by atoms with van der Waals surface area (Å²) in [6, 6.07) is 14.8. The molecule has 0 radical (unpaired) electrons. The van der Waals surface area contributed by atoms with E-state index in [0.29, 0.717) is 18.0 Å². The van der Waals surface area contributed by atoms with Crippen LogP contribution in [0.5, 0.6) is 0 Å². The molecule has 1 spiro atoms. The van der Waals surface area contributed by atoms with Crippen molar-refractivity contribution in [2.45, 2.75) is 24.5 Å². The summed E-state index contributed by atoms with van der Waals surface area (Å²) in [7, 11) is 1.52. The summed E-state index contributed by atoms with van der Waals surface area (Å²) in [6.45, 7) is 0.295. The van der Waals surface area contributed by atoms with Crippen LogP contribution in [0.2, 0.25) is 5.02 Å². The van der Waals surface area contributed by atoms with E-state index in [1.807, 2.05) is 48.7 Å². The third-order valence-corrected chi connectivity index (χ3v) is 8.02.